The molecule has 0 radical (unpaired) electrons. The highest BCUT2D eigenvalue weighted by molar-refractivity contribution is 7.80. The Bertz CT molecular complexity index is 1120. The van der Waals surface area contributed by atoms with E-state index >= 15 is 0 Å². The molecule has 0 fully saturated rings. The third-order valence-electron chi connectivity index (χ3n) is 4.02. The molecule has 2 N–H and O–H groups in total. The fourth-order valence-corrected chi connectivity index (χ4v) is 3.94. The average Bonchev–Trinajstić information content (AvgIpc) is 3.16. The van der Waals surface area contributed by atoms with Crippen LogP contribution in [0.3, 0.4) is 0 Å². The lowest BCUT2D eigenvalue weighted by molar-refractivity contribution is 1.02. The van der Waals surface area contributed by atoms with Gasteiger partial charge in [-0.2, -0.15) is 0 Å². The lowest BCUT2D eigenvalue weighted by Gasteiger charge is -2.08. The van der Waals surface area contributed by atoms with Gasteiger partial charge in [0, 0.05) is 33.4 Å². The Labute approximate surface area is 185 Å². The summed E-state index contributed by atoms with van der Waals surface area (Å²) in [4.78, 5) is 7.39. The van der Waals surface area contributed by atoms with E-state index in [2.05, 4.69) is 59.1 Å². The normalized spacial score (nSPS) is 10.3. The smallest absolute Gasteiger partial charge is 0.123 e. The molecule has 148 valence electrons. The van der Waals surface area contributed by atoms with Crippen molar-refractivity contribution in [1.82, 2.24) is 10.3 Å². The lowest BCUT2D eigenvalue weighted by atomic mass is 10.1. The van der Waals surface area contributed by atoms with E-state index in [0.29, 0.717) is 5.02 Å². The molecule has 0 saturated heterocycles. The van der Waals surface area contributed by atoms with Gasteiger partial charge in [0.1, 0.15) is 4.83 Å². The monoisotopic (exact) mass is 439 g/mol. The lowest BCUT2D eigenvalue weighted by Crippen LogP contribution is -1.95. The molecule has 29 heavy (non-hydrogen) atoms. The standard InChI is InChI=1S/C21H15ClN2S2.C2H7N/c1-13(24-17-7-8-18(22)19(25)11-17)20-10-15-9-16(12-23-21(15)26-20)14-5-3-2-4-6-14;1-3-2/h2-12,24-25H,1H2;3H,1-2H3. The van der Waals surface area contributed by atoms with Gasteiger partial charge in [-0.3, -0.25) is 0 Å². The zero-order valence-corrected chi connectivity index (χ0v) is 18.7. The Hall–Kier alpha value is -2.31. The summed E-state index contributed by atoms with van der Waals surface area (Å²) in [6.45, 7) is 4.16. The molecule has 3 nitrogen and oxygen atoms in total. The average molecular weight is 440 g/mol. The molecule has 2 heterocycles. The highest BCUT2D eigenvalue weighted by Gasteiger charge is 2.09. The number of thiol groups is 1. The molecule has 0 aliphatic carbocycles. The van der Waals surface area contributed by atoms with Crippen LogP contribution in [0.2, 0.25) is 5.02 Å². The van der Waals surface area contributed by atoms with Crippen LogP contribution < -0.4 is 10.6 Å². The van der Waals surface area contributed by atoms with Crippen molar-refractivity contribution in [1.29, 1.82) is 0 Å². The van der Waals surface area contributed by atoms with Crippen LogP contribution in [0.15, 0.2) is 78.3 Å². The van der Waals surface area contributed by atoms with Gasteiger partial charge >= 0.3 is 0 Å². The third-order valence-corrected chi connectivity index (χ3v) is 5.97. The second-order valence-electron chi connectivity index (χ2n) is 6.36. The van der Waals surface area contributed by atoms with Gasteiger partial charge in [0.15, 0.2) is 0 Å². The molecule has 0 atom stereocenters. The number of aromatic nitrogens is 1. The SMILES string of the molecule is C=C(Nc1ccc(Cl)c(S)c1)c1cc2cc(-c3ccccc3)cnc2s1.CNC. The topological polar surface area (TPSA) is 37.0 Å². The third kappa shape index (κ3) is 5.40. The van der Waals surface area contributed by atoms with Crippen molar-refractivity contribution in [3.05, 3.63) is 83.3 Å². The molecule has 6 heteroatoms. The predicted octanol–water partition coefficient (Wildman–Crippen LogP) is 6.82. The van der Waals surface area contributed by atoms with Crippen LogP contribution in [0.5, 0.6) is 0 Å². The summed E-state index contributed by atoms with van der Waals surface area (Å²) in [6.07, 6.45) is 1.92. The van der Waals surface area contributed by atoms with Crippen LogP contribution in [0.1, 0.15) is 4.88 Å². The van der Waals surface area contributed by atoms with Gasteiger partial charge in [-0.05, 0) is 50.0 Å². The fourth-order valence-electron chi connectivity index (χ4n) is 2.70. The maximum absolute atomic E-state index is 6.02. The minimum atomic E-state index is 0.629. The molecule has 0 spiro atoms. The molecule has 0 aliphatic heterocycles. The van der Waals surface area contributed by atoms with Crippen LogP contribution in [-0.2, 0) is 0 Å². The molecule has 0 amide bonds. The quantitative estimate of drug-likeness (QED) is 0.305. The van der Waals surface area contributed by atoms with E-state index in [9.17, 15) is 0 Å². The molecule has 0 bridgehead atoms. The zero-order valence-electron chi connectivity index (χ0n) is 16.2. The number of nitrogens with zero attached hydrogens (tertiary/aromatic N) is 1. The van der Waals surface area contributed by atoms with Crippen molar-refractivity contribution in [2.24, 2.45) is 0 Å². The summed E-state index contributed by atoms with van der Waals surface area (Å²) >= 11 is 12.0. The Morgan fingerprint density at radius 1 is 1.03 bits per heavy atom. The first-order valence-corrected chi connectivity index (χ1v) is 10.6. The van der Waals surface area contributed by atoms with Crippen molar-refractivity contribution in [3.63, 3.8) is 0 Å². The van der Waals surface area contributed by atoms with E-state index in [0.717, 1.165) is 42.5 Å². The molecule has 4 rings (SSSR count). The molecular formula is C23H22ClN3S2. The second kappa shape index (κ2) is 9.94. The van der Waals surface area contributed by atoms with Gasteiger partial charge in [-0.15, -0.1) is 24.0 Å². The van der Waals surface area contributed by atoms with E-state index in [1.165, 1.54) is 0 Å². The van der Waals surface area contributed by atoms with Gasteiger partial charge < -0.3 is 10.6 Å². The molecule has 0 unspecified atom stereocenters. The van der Waals surface area contributed by atoms with Crippen molar-refractivity contribution >= 4 is 57.2 Å². The van der Waals surface area contributed by atoms with Crippen LogP contribution in [0.4, 0.5) is 5.69 Å². The molecule has 0 saturated carbocycles. The number of anilines is 1. The minimum Gasteiger partial charge on any atom is -0.355 e. The van der Waals surface area contributed by atoms with E-state index in [-0.39, 0.29) is 0 Å². The number of benzene rings is 2. The number of pyridine rings is 1. The number of rotatable bonds is 4. The minimum absolute atomic E-state index is 0.629. The summed E-state index contributed by atoms with van der Waals surface area (Å²) in [7, 11) is 3.75. The van der Waals surface area contributed by atoms with Crippen LogP contribution in [0.25, 0.3) is 27.0 Å². The van der Waals surface area contributed by atoms with Crippen LogP contribution in [-0.4, -0.2) is 19.1 Å². The molecule has 0 aliphatic rings. The molecule has 2 aromatic carbocycles. The van der Waals surface area contributed by atoms with Crippen LogP contribution in [0, 0.1) is 0 Å². The van der Waals surface area contributed by atoms with E-state index in [1.54, 1.807) is 11.3 Å². The Morgan fingerprint density at radius 3 is 2.45 bits per heavy atom. The first kappa shape index (κ1) is 21.4. The number of hydrogen-bond donors (Lipinski definition) is 3. The molecule has 4 aromatic rings. The van der Waals surface area contributed by atoms with Gasteiger partial charge in [-0.25, -0.2) is 4.98 Å². The number of nitrogens with one attached hydrogen (secondary N) is 2. The Balaban J connectivity index is 0.000000755. The summed E-state index contributed by atoms with van der Waals surface area (Å²) in [5, 5.41) is 7.80. The Kier molecular flexibility index (Phi) is 7.34. The van der Waals surface area contributed by atoms with Crippen molar-refractivity contribution in [2.75, 3.05) is 19.4 Å². The van der Waals surface area contributed by atoms with Crippen molar-refractivity contribution in [3.8, 4) is 11.1 Å². The largest absolute Gasteiger partial charge is 0.355 e. The summed E-state index contributed by atoms with van der Waals surface area (Å²) in [5.74, 6) is 0. The number of thiophene rings is 1. The maximum atomic E-state index is 6.02. The van der Waals surface area contributed by atoms with Crippen molar-refractivity contribution in [2.45, 2.75) is 4.90 Å². The number of hydrogen-bond acceptors (Lipinski definition) is 5. The molecule has 2 aromatic heterocycles. The molecular weight excluding hydrogens is 418 g/mol. The van der Waals surface area contributed by atoms with Crippen LogP contribution >= 0.6 is 35.6 Å². The number of halogens is 1. The van der Waals surface area contributed by atoms with Gasteiger partial charge in [-0.1, -0.05) is 48.5 Å². The van der Waals surface area contributed by atoms with Gasteiger partial charge in [0.25, 0.3) is 0 Å². The summed E-state index contributed by atoms with van der Waals surface area (Å²) < 4.78 is 0. The first-order chi connectivity index (χ1) is 14.0. The zero-order chi connectivity index (χ0) is 20.8. The second-order valence-corrected chi connectivity index (χ2v) is 8.28. The maximum Gasteiger partial charge on any atom is 0.123 e. The van der Waals surface area contributed by atoms with E-state index < -0.39 is 0 Å². The fraction of sp³-hybridized carbons (Fsp3) is 0.0870. The summed E-state index contributed by atoms with van der Waals surface area (Å²) in [5.41, 5.74) is 4.00. The Morgan fingerprint density at radius 2 is 1.76 bits per heavy atom. The van der Waals surface area contributed by atoms with Gasteiger partial charge in [0.2, 0.25) is 0 Å². The first-order valence-electron chi connectivity index (χ1n) is 9.00. The summed E-state index contributed by atoms with van der Waals surface area (Å²) in [6, 6.07) is 20.2. The van der Waals surface area contributed by atoms with E-state index in [1.807, 2.05) is 56.7 Å². The highest BCUT2D eigenvalue weighted by Crippen LogP contribution is 2.32. The highest BCUT2D eigenvalue weighted by atomic mass is 35.5. The van der Waals surface area contributed by atoms with E-state index in [4.69, 9.17) is 11.6 Å². The predicted molar refractivity (Wildman–Crippen MR) is 131 cm³/mol. The van der Waals surface area contributed by atoms with Crippen molar-refractivity contribution < 1.29 is 0 Å². The number of fused-ring (bicyclic) bond motifs is 1. The van der Waals surface area contributed by atoms with Gasteiger partial charge in [0.05, 0.1) is 9.90 Å².